The molecule has 1 aliphatic heterocycles. The summed E-state index contributed by atoms with van der Waals surface area (Å²) in [6.45, 7) is 12.2. The average Bonchev–Trinajstić information content (AvgIpc) is 2.39. The fraction of sp³-hybridized carbons (Fsp3) is 1.00. The molecular formula is C17H34N2. The molecular weight excluding hydrogens is 232 g/mol. The van der Waals surface area contributed by atoms with Crippen molar-refractivity contribution < 1.29 is 0 Å². The van der Waals surface area contributed by atoms with Gasteiger partial charge in [-0.05, 0) is 55.9 Å². The second-order valence-electron chi connectivity index (χ2n) is 7.83. The van der Waals surface area contributed by atoms with Gasteiger partial charge in [-0.1, -0.05) is 34.1 Å². The SMILES string of the molecule is CCC(C)(C)C1CCC(N)C(N2CCCC(C)C2)C1. The predicted molar refractivity (Wildman–Crippen MR) is 83.1 cm³/mol. The second kappa shape index (κ2) is 6.13. The van der Waals surface area contributed by atoms with Gasteiger partial charge in [0.2, 0.25) is 0 Å². The fourth-order valence-corrected chi connectivity index (χ4v) is 4.12. The van der Waals surface area contributed by atoms with Gasteiger partial charge in [0.25, 0.3) is 0 Å². The Balaban J connectivity index is 2.02. The van der Waals surface area contributed by atoms with Crippen LogP contribution >= 0.6 is 0 Å². The smallest absolute Gasteiger partial charge is 0.0250 e. The molecule has 112 valence electrons. The molecule has 0 aromatic rings. The summed E-state index contributed by atoms with van der Waals surface area (Å²) in [7, 11) is 0. The van der Waals surface area contributed by atoms with Crippen molar-refractivity contribution in [2.75, 3.05) is 13.1 Å². The molecule has 0 radical (unpaired) electrons. The molecule has 0 aromatic heterocycles. The van der Waals surface area contributed by atoms with Crippen LogP contribution in [0.3, 0.4) is 0 Å². The monoisotopic (exact) mass is 266 g/mol. The van der Waals surface area contributed by atoms with Crippen LogP contribution < -0.4 is 5.73 Å². The molecule has 2 N–H and O–H groups in total. The maximum Gasteiger partial charge on any atom is 0.0250 e. The van der Waals surface area contributed by atoms with Gasteiger partial charge in [-0.3, -0.25) is 4.90 Å². The van der Waals surface area contributed by atoms with Gasteiger partial charge in [0, 0.05) is 18.6 Å². The highest BCUT2D eigenvalue weighted by Gasteiger charge is 2.38. The summed E-state index contributed by atoms with van der Waals surface area (Å²) >= 11 is 0. The number of piperidine rings is 1. The first kappa shape index (κ1) is 15.3. The first-order chi connectivity index (χ1) is 8.94. The summed E-state index contributed by atoms with van der Waals surface area (Å²) in [4.78, 5) is 2.72. The number of rotatable bonds is 3. The van der Waals surface area contributed by atoms with Gasteiger partial charge in [0.15, 0.2) is 0 Å². The Bertz CT molecular complexity index is 287. The average molecular weight is 266 g/mol. The highest BCUT2D eigenvalue weighted by atomic mass is 15.2. The van der Waals surface area contributed by atoms with Gasteiger partial charge >= 0.3 is 0 Å². The molecule has 2 nitrogen and oxygen atoms in total. The van der Waals surface area contributed by atoms with Crippen molar-refractivity contribution in [2.45, 2.75) is 78.3 Å². The number of nitrogens with two attached hydrogens (primary N) is 1. The Morgan fingerprint density at radius 1 is 1.21 bits per heavy atom. The predicted octanol–water partition coefficient (Wildman–Crippen LogP) is 3.65. The lowest BCUT2D eigenvalue weighted by molar-refractivity contribution is 0.0388. The van der Waals surface area contributed by atoms with Crippen LogP contribution in [0.2, 0.25) is 0 Å². The molecule has 1 aliphatic carbocycles. The summed E-state index contributed by atoms with van der Waals surface area (Å²) in [5.74, 6) is 1.72. The largest absolute Gasteiger partial charge is 0.326 e. The molecule has 0 bridgehead atoms. The van der Waals surface area contributed by atoms with Gasteiger partial charge in [-0.15, -0.1) is 0 Å². The van der Waals surface area contributed by atoms with E-state index in [1.165, 1.54) is 51.6 Å². The van der Waals surface area contributed by atoms with E-state index in [1.807, 2.05) is 0 Å². The quantitative estimate of drug-likeness (QED) is 0.845. The molecule has 0 amide bonds. The van der Waals surface area contributed by atoms with Crippen LogP contribution in [-0.2, 0) is 0 Å². The zero-order valence-corrected chi connectivity index (χ0v) is 13.5. The minimum absolute atomic E-state index is 0.411. The van der Waals surface area contributed by atoms with Crippen LogP contribution in [-0.4, -0.2) is 30.1 Å². The lowest BCUT2D eigenvalue weighted by Gasteiger charge is -2.47. The summed E-state index contributed by atoms with van der Waals surface area (Å²) in [6, 6.07) is 1.06. The van der Waals surface area contributed by atoms with Gasteiger partial charge in [0.05, 0.1) is 0 Å². The standard InChI is InChI=1S/C17H34N2/c1-5-17(3,4)14-8-9-15(18)16(11-14)19-10-6-7-13(2)12-19/h13-16H,5-12,18H2,1-4H3. The molecule has 2 aliphatic rings. The second-order valence-corrected chi connectivity index (χ2v) is 7.83. The van der Waals surface area contributed by atoms with Crippen molar-refractivity contribution in [2.24, 2.45) is 23.0 Å². The summed E-state index contributed by atoms with van der Waals surface area (Å²) in [5, 5.41) is 0. The van der Waals surface area contributed by atoms with E-state index in [2.05, 4.69) is 32.6 Å². The maximum atomic E-state index is 6.46. The molecule has 2 fully saturated rings. The van der Waals surface area contributed by atoms with Crippen LogP contribution in [0, 0.1) is 17.3 Å². The van der Waals surface area contributed by atoms with Crippen molar-refractivity contribution in [1.82, 2.24) is 4.90 Å². The van der Waals surface area contributed by atoms with Gasteiger partial charge in [0.1, 0.15) is 0 Å². The van der Waals surface area contributed by atoms with Crippen molar-refractivity contribution >= 4 is 0 Å². The molecule has 1 heterocycles. The molecule has 4 unspecified atom stereocenters. The zero-order valence-electron chi connectivity index (χ0n) is 13.5. The van der Waals surface area contributed by atoms with Crippen LogP contribution in [0.5, 0.6) is 0 Å². The van der Waals surface area contributed by atoms with E-state index < -0.39 is 0 Å². The van der Waals surface area contributed by atoms with E-state index >= 15 is 0 Å². The van der Waals surface area contributed by atoms with Crippen LogP contribution in [0.1, 0.15) is 66.2 Å². The first-order valence-electron chi connectivity index (χ1n) is 8.43. The van der Waals surface area contributed by atoms with E-state index in [1.54, 1.807) is 0 Å². The van der Waals surface area contributed by atoms with E-state index in [9.17, 15) is 0 Å². The third-order valence-corrected chi connectivity index (χ3v) is 6.04. The number of hydrogen-bond acceptors (Lipinski definition) is 2. The third-order valence-electron chi connectivity index (χ3n) is 6.04. The Morgan fingerprint density at radius 2 is 1.95 bits per heavy atom. The minimum Gasteiger partial charge on any atom is -0.326 e. The van der Waals surface area contributed by atoms with Crippen LogP contribution in [0.15, 0.2) is 0 Å². The normalized spacial score (nSPS) is 38.4. The maximum absolute atomic E-state index is 6.46. The van der Waals surface area contributed by atoms with Crippen molar-refractivity contribution in [3.8, 4) is 0 Å². The summed E-state index contributed by atoms with van der Waals surface area (Å²) in [5.41, 5.74) is 6.95. The molecule has 1 saturated carbocycles. The van der Waals surface area contributed by atoms with Crippen molar-refractivity contribution in [3.63, 3.8) is 0 Å². The van der Waals surface area contributed by atoms with Gasteiger partial charge in [-0.2, -0.15) is 0 Å². The highest BCUT2D eigenvalue weighted by molar-refractivity contribution is 4.94. The lowest BCUT2D eigenvalue weighted by Crippen LogP contribution is -2.55. The highest BCUT2D eigenvalue weighted by Crippen LogP contribution is 2.41. The number of likely N-dealkylation sites (tertiary alicyclic amines) is 1. The molecule has 1 saturated heterocycles. The van der Waals surface area contributed by atoms with Crippen molar-refractivity contribution in [1.29, 1.82) is 0 Å². The van der Waals surface area contributed by atoms with Gasteiger partial charge in [-0.25, -0.2) is 0 Å². The minimum atomic E-state index is 0.411. The van der Waals surface area contributed by atoms with Gasteiger partial charge < -0.3 is 5.73 Å². The Morgan fingerprint density at radius 3 is 2.58 bits per heavy atom. The van der Waals surface area contributed by atoms with E-state index in [0.29, 0.717) is 17.5 Å². The van der Waals surface area contributed by atoms with E-state index in [4.69, 9.17) is 5.73 Å². The van der Waals surface area contributed by atoms with Crippen molar-refractivity contribution in [3.05, 3.63) is 0 Å². The number of hydrogen-bond donors (Lipinski definition) is 1. The Hall–Kier alpha value is -0.0800. The number of nitrogens with zero attached hydrogens (tertiary/aromatic N) is 1. The summed E-state index contributed by atoms with van der Waals surface area (Å²) < 4.78 is 0. The third kappa shape index (κ3) is 3.52. The molecule has 0 spiro atoms. The Labute approximate surface area is 120 Å². The molecule has 19 heavy (non-hydrogen) atoms. The molecule has 4 atom stereocenters. The summed E-state index contributed by atoms with van der Waals surface area (Å²) in [6.07, 6.45) is 7.95. The molecule has 2 heteroatoms. The van der Waals surface area contributed by atoms with Crippen LogP contribution in [0.4, 0.5) is 0 Å². The van der Waals surface area contributed by atoms with E-state index in [-0.39, 0.29) is 0 Å². The fourth-order valence-electron chi connectivity index (χ4n) is 4.12. The zero-order chi connectivity index (χ0) is 14.0. The molecule has 2 rings (SSSR count). The lowest BCUT2D eigenvalue weighted by atomic mass is 9.67. The van der Waals surface area contributed by atoms with Crippen LogP contribution in [0.25, 0.3) is 0 Å². The topological polar surface area (TPSA) is 29.3 Å². The molecule has 0 aromatic carbocycles. The van der Waals surface area contributed by atoms with E-state index in [0.717, 1.165) is 11.8 Å². The Kier molecular flexibility index (Phi) is 4.94. The first-order valence-corrected chi connectivity index (χ1v) is 8.43.